The highest BCUT2D eigenvalue weighted by atomic mass is 15.3. The average molecular weight is 314 g/mol. The summed E-state index contributed by atoms with van der Waals surface area (Å²) in [6, 6.07) is 0.603. The molecule has 1 saturated carbocycles. The van der Waals surface area contributed by atoms with Gasteiger partial charge in [0.05, 0.1) is 11.6 Å². The van der Waals surface area contributed by atoms with E-state index in [4.69, 9.17) is 9.97 Å². The largest absolute Gasteiger partial charge is 0.354 e. The molecule has 2 aromatic heterocycles. The Bertz CT molecular complexity index is 700. The second-order valence-corrected chi connectivity index (χ2v) is 7.24. The lowest BCUT2D eigenvalue weighted by atomic mass is 10.1. The van der Waals surface area contributed by atoms with Crippen molar-refractivity contribution in [2.24, 2.45) is 7.05 Å². The maximum absolute atomic E-state index is 5.01. The van der Waals surface area contributed by atoms with E-state index in [1.165, 1.54) is 32.1 Å². The Labute approximate surface area is 137 Å². The van der Waals surface area contributed by atoms with Crippen LogP contribution >= 0.6 is 0 Å². The van der Waals surface area contributed by atoms with E-state index in [-0.39, 0.29) is 0 Å². The third kappa shape index (κ3) is 2.59. The van der Waals surface area contributed by atoms with E-state index in [1.54, 1.807) is 0 Å². The minimum absolute atomic E-state index is 0.528. The van der Waals surface area contributed by atoms with Gasteiger partial charge >= 0.3 is 0 Å². The molecule has 0 bridgehead atoms. The van der Waals surface area contributed by atoms with Crippen LogP contribution in [0.5, 0.6) is 0 Å². The van der Waals surface area contributed by atoms with Crippen molar-refractivity contribution >= 4 is 16.9 Å². The van der Waals surface area contributed by atoms with Gasteiger partial charge in [-0.1, -0.05) is 12.8 Å². The van der Waals surface area contributed by atoms with E-state index in [0.29, 0.717) is 12.0 Å². The van der Waals surface area contributed by atoms with Gasteiger partial charge in [-0.15, -0.1) is 0 Å². The van der Waals surface area contributed by atoms with Crippen molar-refractivity contribution in [1.29, 1.82) is 0 Å². The van der Waals surface area contributed by atoms with Crippen molar-refractivity contribution in [3.8, 4) is 0 Å². The highest BCUT2D eigenvalue weighted by Gasteiger charge is 2.29. The molecule has 2 fully saturated rings. The van der Waals surface area contributed by atoms with Crippen molar-refractivity contribution in [3.05, 3.63) is 12.0 Å². The minimum Gasteiger partial charge on any atom is -0.354 e. The Morgan fingerprint density at radius 1 is 1.13 bits per heavy atom. The van der Waals surface area contributed by atoms with Gasteiger partial charge in [0, 0.05) is 32.1 Å². The Balaban J connectivity index is 1.75. The van der Waals surface area contributed by atoms with Gasteiger partial charge in [-0.05, 0) is 33.4 Å². The van der Waals surface area contributed by atoms with E-state index in [1.807, 2.05) is 17.9 Å². The lowest BCUT2D eigenvalue weighted by Crippen LogP contribution is -2.32. The van der Waals surface area contributed by atoms with Crippen molar-refractivity contribution in [2.75, 3.05) is 32.1 Å². The number of aryl methyl sites for hydroxylation is 1. The summed E-state index contributed by atoms with van der Waals surface area (Å²) in [7, 11) is 6.31. The Hall–Kier alpha value is -1.69. The first-order valence-electron chi connectivity index (χ1n) is 8.74. The fraction of sp³-hybridized carbons (Fsp3) is 0.706. The number of anilines is 1. The second-order valence-electron chi connectivity index (χ2n) is 7.24. The average Bonchev–Trinajstić information content (AvgIpc) is 3.27. The summed E-state index contributed by atoms with van der Waals surface area (Å²) in [5.74, 6) is 2.65. The maximum atomic E-state index is 5.01. The van der Waals surface area contributed by atoms with E-state index >= 15 is 0 Å². The zero-order valence-electron chi connectivity index (χ0n) is 14.4. The molecule has 6 heteroatoms. The molecule has 0 unspecified atom stereocenters. The minimum atomic E-state index is 0.528. The van der Waals surface area contributed by atoms with Crippen LogP contribution in [0.3, 0.4) is 0 Å². The van der Waals surface area contributed by atoms with Crippen molar-refractivity contribution in [2.45, 2.75) is 44.1 Å². The number of hydrogen-bond acceptors (Lipinski definition) is 5. The van der Waals surface area contributed by atoms with Gasteiger partial charge in [-0.2, -0.15) is 5.10 Å². The fourth-order valence-corrected chi connectivity index (χ4v) is 3.99. The zero-order valence-corrected chi connectivity index (χ0v) is 14.4. The molecule has 0 spiro atoms. The molecule has 1 saturated heterocycles. The number of nitrogens with zero attached hydrogens (tertiary/aromatic N) is 6. The first-order valence-corrected chi connectivity index (χ1v) is 8.74. The molecule has 0 amide bonds. The van der Waals surface area contributed by atoms with Crippen LogP contribution in [0.1, 0.15) is 43.8 Å². The van der Waals surface area contributed by atoms with Crippen LogP contribution < -0.4 is 4.90 Å². The van der Waals surface area contributed by atoms with Crippen LogP contribution in [-0.2, 0) is 7.05 Å². The van der Waals surface area contributed by atoms with E-state index in [2.05, 4.69) is 29.0 Å². The molecule has 0 radical (unpaired) electrons. The maximum Gasteiger partial charge on any atom is 0.163 e. The lowest BCUT2D eigenvalue weighted by Gasteiger charge is -2.22. The number of aromatic nitrogens is 4. The number of rotatable bonds is 3. The van der Waals surface area contributed by atoms with Gasteiger partial charge in [0.1, 0.15) is 11.6 Å². The first kappa shape index (κ1) is 14.9. The molecule has 0 N–H and O–H groups in total. The summed E-state index contributed by atoms with van der Waals surface area (Å²) in [6.45, 7) is 2.10. The number of fused-ring (bicyclic) bond motifs is 1. The molecule has 1 atom stereocenters. The Morgan fingerprint density at radius 2 is 1.91 bits per heavy atom. The van der Waals surface area contributed by atoms with Gasteiger partial charge in [0.25, 0.3) is 0 Å². The molecule has 6 nitrogen and oxygen atoms in total. The molecule has 4 rings (SSSR count). The zero-order chi connectivity index (χ0) is 16.0. The third-order valence-corrected chi connectivity index (χ3v) is 5.50. The van der Waals surface area contributed by atoms with Crippen molar-refractivity contribution in [3.63, 3.8) is 0 Å². The summed E-state index contributed by atoms with van der Waals surface area (Å²) in [5, 5.41) is 5.52. The summed E-state index contributed by atoms with van der Waals surface area (Å²) in [6.07, 6.45) is 8.17. The smallest absolute Gasteiger partial charge is 0.163 e. The quantitative estimate of drug-likeness (QED) is 0.869. The van der Waals surface area contributed by atoms with Crippen LogP contribution in [0.15, 0.2) is 6.20 Å². The van der Waals surface area contributed by atoms with E-state index in [0.717, 1.165) is 35.8 Å². The molecule has 1 aliphatic heterocycles. The Kier molecular flexibility index (Phi) is 3.71. The van der Waals surface area contributed by atoms with Crippen LogP contribution in [0.4, 0.5) is 5.82 Å². The number of likely N-dealkylation sites (N-methyl/N-ethyl adjacent to an activating group) is 1. The number of hydrogen-bond donors (Lipinski definition) is 0. The molecule has 3 heterocycles. The molecular formula is C17H26N6. The predicted molar refractivity (Wildman–Crippen MR) is 91.8 cm³/mol. The fourth-order valence-electron chi connectivity index (χ4n) is 3.99. The Morgan fingerprint density at radius 3 is 2.61 bits per heavy atom. The van der Waals surface area contributed by atoms with Crippen molar-refractivity contribution < 1.29 is 0 Å². The first-order chi connectivity index (χ1) is 11.1. The molecule has 1 aliphatic carbocycles. The molecule has 124 valence electrons. The lowest BCUT2D eigenvalue weighted by molar-refractivity contribution is 0.315. The van der Waals surface area contributed by atoms with E-state index in [9.17, 15) is 0 Å². The highest BCUT2D eigenvalue weighted by molar-refractivity contribution is 5.87. The SMILES string of the molecule is CN(C)[C@H]1CCN(c2nc(C3CCCC3)nc3c2cnn3C)C1. The monoisotopic (exact) mass is 314 g/mol. The summed E-state index contributed by atoms with van der Waals surface area (Å²) >= 11 is 0. The molecule has 0 aromatic carbocycles. The van der Waals surface area contributed by atoms with Crippen LogP contribution in [-0.4, -0.2) is 57.9 Å². The van der Waals surface area contributed by atoms with Gasteiger partial charge in [-0.3, -0.25) is 4.68 Å². The summed E-state index contributed by atoms with van der Waals surface area (Å²) in [5.41, 5.74) is 0.977. The van der Waals surface area contributed by atoms with Crippen LogP contribution in [0, 0.1) is 0 Å². The van der Waals surface area contributed by atoms with Crippen LogP contribution in [0.2, 0.25) is 0 Å². The summed E-state index contributed by atoms with van der Waals surface area (Å²) < 4.78 is 1.89. The van der Waals surface area contributed by atoms with Gasteiger partial charge in [0.15, 0.2) is 5.65 Å². The third-order valence-electron chi connectivity index (χ3n) is 5.50. The standard InChI is InChI=1S/C17H26N6/c1-21(2)13-8-9-23(11-13)17-14-10-18-22(3)16(14)19-15(20-17)12-6-4-5-7-12/h10,12-13H,4-9,11H2,1-3H3/t13-/m0/s1. The van der Waals surface area contributed by atoms with Gasteiger partial charge < -0.3 is 9.80 Å². The van der Waals surface area contributed by atoms with E-state index < -0.39 is 0 Å². The van der Waals surface area contributed by atoms with Gasteiger partial charge in [-0.25, -0.2) is 9.97 Å². The summed E-state index contributed by atoms with van der Waals surface area (Å²) in [4.78, 5) is 14.6. The van der Waals surface area contributed by atoms with Crippen molar-refractivity contribution in [1.82, 2.24) is 24.6 Å². The predicted octanol–water partition coefficient (Wildman–Crippen LogP) is 2.16. The molecular weight excluding hydrogens is 288 g/mol. The molecule has 23 heavy (non-hydrogen) atoms. The second kappa shape index (κ2) is 5.74. The van der Waals surface area contributed by atoms with Gasteiger partial charge in [0.2, 0.25) is 0 Å². The topological polar surface area (TPSA) is 50.1 Å². The molecule has 2 aromatic rings. The normalized spacial score (nSPS) is 22.8. The molecule has 2 aliphatic rings. The van der Waals surface area contributed by atoms with Crippen LogP contribution in [0.25, 0.3) is 11.0 Å². The highest BCUT2D eigenvalue weighted by Crippen LogP contribution is 2.35.